The molecule has 0 fully saturated rings. The first kappa shape index (κ1) is 17.7. The molecule has 1 N–H and O–H groups in total. The topological polar surface area (TPSA) is 90.1 Å². The van der Waals surface area contributed by atoms with Crippen LogP contribution >= 0.6 is 0 Å². The molecular formula is C21H18N4O3. The molecular weight excluding hydrogens is 356 g/mol. The second-order valence-electron chi connectivity index (χ2n) is 6.21. The molecule has 4 rings (SSSR count). The second kappa shape index (κ2) is 7.87. The minimum atomic E-state index is -0.186. The number of aromatic nitrogens is 3. The fourth-order valence-corrected chi connectivity index (χ4v) is 2.79. The number of carbonyl (C=O) groups is 1. The van der Waals surface area contributed by atoms with Crippen LogP contribution in [0, 0.1) is 0 Å². The van der Waals surface area contributed by atoms with Gasteiger partial charge in [0.05, 0.1) is 12.6 Å². The number of methoxy groups -OCH3 is 1. The zero-order valence-electron chi connectivity index (χ0n) is 15.3. The van der Waals surface area contributed by atoms with E-state index in [1.807, 2.05) is 54.6 Å². The van der Waals surface area contributed by atoms with E-state index in [2.05, 4.69) is 20.5 Å². The molecule has 0 saturated carbocycles. The molecule has 2 aromatic heterocycles. The van der Waals surface area contributed by atoms with E-state index in [-0.39, 0.29) is 18.2 Å². The van der Waals surface area contributed by atoms with Crippen LogP contribution in [0.25, 0.3) is 22.4 Å². The van der Waals surface area contributed by atoms with Crippen LogP contribution in [0.5, 0.6) is 5.75 Å². The van der Waals surface area contributed by atoms with Gasteiger partial charge in [0.1, 0.15) is 12.2 Å². The van der Waals surface area contributed by atoms with Gasteiger partial charge in [-0.25, -0.2) is 0 Å². The molecule has 0 aliphatic carbocycles. The molecule has 1 amide bonds. The predicted octanol–water partition coefficient (Wildman–Crippen LogP) is 3.15. The predicted molar refractivity (Wildman–Crippen MR) is 104 cm³/mol. The summed E-state index contributed by atoms with van der Waals surface area (Å²) in [7, 11) is 1.62. The molecule has 2 heterocycles. The Morgan fingerprint density at radius 1 is 1.11 bits per heavy atom. The molecule has 0 unspecified atom stereocenters. The number of fused-ring (bicyclic) bond motifs is 1. The van der Waals surface area contributed by atoms with E-state index in [0.29, 0.717) is 12.4 Å². The molecule has 0 aliphatic rings. The van der Waals surface area contributed by atoms with E-state index >= 15 is 0 Å². The SMILES string of the molecule is COc1ccc(CNC(=O)Cc2nnc(-c3ccc4ncccc4c3)o2)cc1. The number of hydrogen-bond donors (Lipinski definition) is 1. The average molecular weight is 374 g/mol. The van der Waals surface area contributed by atoms with Crippen molar-refractivity contribution in [2.24, 2.45) is 0 Å². The van der Waals surface area contributed by atoms with Crippen LogP contribution in [0.3, 0.4) is 0 Å². The molecule has 2 aromatic carbocycles. The van der Waals surface area contributed by atoms with Crippen molar-refractivity contribution in [3.8, 4) is 17.2 Å². The number of amides is 1. The number of nitrogens with one attached hydrogen (secondary N) is 1. The van der Waals surface area contributed by atoms with Gasteiger partial charge in [-0.1, -0.05) is 18.2 Å². The third-order valence-electron chi connectivity index (χ3n) is 4.28. The summed E-state index contributed by atoms with van der Waals surface area (Å²) in [5.41, 5.74) is 2.66. The Labute approximate surface area is 161 Å². The highest BCUT2D eigenvalue weighted by atomic mass is 16.5. The van der Waals surface area contributed by atoms with Gasteiger partial charge in [0.25, 0.3) is 0 Å². The van der Waals surface area contributed by atoms with Gasteiger partial charge in [0, 0.05) is 23.7 Å². The van der Waals surface area contributed by atoms with Crippen LogP contribution in [0.1, 0.15) is 11.5 Å². The van der Waals surface area contributed by atoms with Gasteiger partial charge in [0.2, 0.25) is 17.7 Å². The highest BCUT2D eigenvalue weighted by Gasteiger charge is 2.13. The van der Waals surface area contributed by atoms with Gasteiger partial charge < -0.3 is 14.5 Å². The minimum absolute atomic E-state index is 0.0261. The molecule has 7 nitrogen and oxygen atoms in total. The van der Waals surface area contributed by atoms with Crippen molar-refractivity contribution < 1.29 is 13.9 Å². The first-order chi connectivity index (χ1) is 13.7. The van der Waals surface area contributed by atoms with Gasteiger partial charge in [-0.05, 0) is 42.0 Å². The van der Waals surface area contributed by atoms with Crippen LogP contribution in [0.4, 0.5) is 0 Å². The number of hydrogen-bond acceptors (Lipinski definition) is 6. The van der Waals surface area contributed by atoms with E-state index < -0.39 is 0 Å². The largest absolute Gasteiger partial charge is 0.497 e. The fourth-order valence-electron chi connectivity index (χ4n) is 2.79. The van der Waals surface area contributed by atoms with Gasteiger partial charge in [0.15, 0.2) is 0 Å². The lowest BCUT2D eigenvalue weighted by Gasteiger charge is -2.05. The van der Waals surface area contributed by atoms with E-state index in [1.165, 1.54) is 0 Å². The lowest BCUT2D eigenvalue weighted by molar-refractivity contribution is -0.120. The van der Waals surface area contributed by atoms with Crippen molar-refractivity contribution in [1.29, 1.82) is 0 Å². The second-order valence-corrected chi connectivity index (χ2v) is 6.21. The Morgan fingerprint density at radius 3 is 2.79 bits per heavy atom. The van der Waals surface area contributed by atoms with Crippen LogP contribution in [0.2, 0.25) is 0 Å². The van der Waals surface area contributed by atoms with Crippen molar-refractivity contribution in [2.45, 2.75) is 13.0 Å². The maximum Gasteiger partial charge on any atom is 0.247 e. The Hall–Kier alpha value is -3.74. The van der Waals surface area contributed by atoms with E-state index in [0.717, 1.165) is 27.8 Å². The summed E-state index contributed by atoms with van der Waals surface area (Å²) >= 11 is 0. The van der Waals surface area contributed by atoms with Crippen LogP contribution in [-0.4, -0.2) is 28.2 Å². The fraction of sp³-hybridized carbons (Fsp3) is 0.143. The van der Waals surface area contributed by atoms with Crippen LogP contribution < -0.4 is 10.1 Å². The molecule has 140 valence electrons. The molecule has 0 bridgehead atoms. The Morgan fingerprint density at radius 2 is 1.96 bits per heavy atom. The first-order valence-electron chi connectivity index (χ1n) is 8.78. The summed E-state index contributed by atoms with van der Waals surface area (Å²) in [4.78, 5) is 16.4. The number of carbonyl (C=O) groups excluding carboxylic acids is 1. The summed E-state index contributed by atoms with van der Waals surface area (Å²) < 4.78 is 10.8. The molecule has 0 spiro atoms. The number of pyridine rings is 1. The van der Waals surface area contributed by atoms with Crippen molar-refractivity contribution >= 4 is 16.8 Å². The van der Waals surface area contributed by atoms with Gasteiger partial charge in [-0.2, -0.15) is 0 Å². The summed E-state index contributed by atoms with van der Waals surface area (Å²) in [5, 5.41) is 11.9. The normalized spacial score (nSPS) is 10.8. The van der Waals surface area contributed by atoms with E-state index in [4.69, 9.17) is 9.15 Å². The standard InChI is InChI=1S/C21H18N4O3/c1-27-17-7-4-14(5-8-17)13-23-19(26)12-20-24-25-21(28-20)16-6-9-18-15(11-16)3-2-10-22-18/h2-11H,12-13H2,1H3,(H,23,26). The smallest absolute Gasteiger partial charge is 0.247 e. The summed E-state index contributed by atoms with van der Waals surface area (Å²) in [6.45, 7) is 0.418. The van der Waals surface area contributed by atoms with Crippen molar-refractivity contribution in [3.05, 3.63) is 72.2 Å². The number of nitrogens with zero attached hydrogens (tertiary/aromatic N) is 3. The Balaban J connectivity index is 1.38. The highest BCUT2D eigenvalue weighted by molar-refractivity contribution is 5.82. The molecule has 0 radical (unpaired) electrons. The maximum absolute atomic E-state index is 12.2. The Bertz CT molecular complexity index is 1110. The molecule has 0 aliphatic heterocycles. The first-order valence-corrected chi connectivity index (χ1v) is 8.78. The quantitative estimate of drug-likeness (QED) is 0.558. The zero-order valence-corrected chi connectivity index (χ0v) is 15.3. The zero-order chi connectivity index (χ0) is 19.3. The third-order valence-corrected chi connectivity index (χ3v) is 4.28. The lowest BCUT2D eigenvalue weighted by atomic mass is 10.1. The monoisotopic (exact) mass is 374 g/mol. The lowest BCUT2D eigenvalue weighted by Crippen LogP contribution is -2.24. The van der Waals surface area contributed by atoms with Crippen molar-refractivity contribution in [3.63, 3.8) is 0 Å². The number of ether oxygens (including phenoxy) is 1. The Kier molecular flexibility index (Phi) is 4.97. The molecule has 4 aromatic rings. The van der Waals surface area contributed by atoms with Crippen LogP contribution in [-0.2, 0) is 17.8 Å². The molecule has 28 heavy (non-hydrogen) atoms. The third kappa shape index (κ3) is 3.98. The number of benzene rings is 2. The van der Waals surface area contributed by atoms with Crippen molar-refractivity contribution in [2.75, 3.05) is 7.11 Å². The average Bonchev–Trinajstić information content (AvgIpc) is 3.20. The maximum atomic E-state index is 12.2. The molecule has 0 atom stereocenters. The van der Waals surface area contributed by atoms with Crippen LogP contribution in [0.15, 0.2) is 65.2 Å². The molecule has 7 heteroatoms. The van der Waals surface area contributed by atoms with E-state index in [1.54, 1.807) is 13.3 Å². The summed E-state index contributed by atoms with van der Waals surface area (Å²) in [6, 6.07) is 17.1. The van der Waals surface area contributed by atoms with Gasteiger partial charge >= 0.3 is 0 Å². The molecule has 0 saturated heterocycles. The summed E-state index contributed by atoms with van der Waals surface area (Å²) in [5.74, 6) is 1.24. The number of rotatable bonds is 6. The highest BCUT2D eigenvalue weighted by Crippen LogP contribution is 2.22. The van der Waals surface area contributed by atoms with E-state index in [9.17, 15) is 4.79 Å². The van der Waals surface area contributed by atoms with Crippen molar-refractivity contribution in [1.82, 2.24) is 20.5 Å². The van der Waals surface area contributed by atoms with Gasteiger partial charge in [-0.15, -0.1) is 10.2 Å². The van der Waals surface area contributed by atoms with Gasteiger partial charge in [-0.3, -0.25) is 9.78 Å². The minimum Gasteiger partial charge on any atom is -0.497 e. The summed E-state index contributed by atoms with van der Waals surface area (Å²) in [6.07, 6.45) is 1.77.